The number of methoxy groups -OCH3 is 1. The van der Waals surface area contributed by atoms with E-state index in [1.54, 1.807) is 43.7 Å². The number of ether oxygens (including phenoxy) is 1. The summed E-state index contributed by atoms with van der Waals surface area (Å²) in [5.74, 6) is 1.13. The van der Waals surface area contributed by atoms with Gasteiger partial charge in [0.2, 0.25) is 5.78 Å². The number of carbonyl (C=O) groups excluding carboxylic acids is 1. The van der Waals surface area contributed by atoms with Gasteiger partial charge in [-0.15, -0.1) is 0 Å². The zero-order valence-corrected chi connectivity index (χ0v) is 11.0. The Kier molecular flexibility index (Phi) is 3.25. The number of hydrogen-bond donors (Lipinski definition) is 1. The molecule has 1 aromatic carbocycles. The van der Waals surface area contributed by atoms with Crippen molar-refractivity contribution in [3.8, 4) is 5.75 Å². The van der Waals surface area contributed by atoms with Crippen molar-refractivity contribution in [3.05, 3.63) is 54.0 Å². The molecule has 2 heterocycles. The van der Waals surface area contributed by atoms with Crippen LogP contribution >= 0.6 is 0 Å². The predicted molar refractivity (Wildman–Crippen MR) is 74.2 cm³/mol. The Labute approximate surface area is 116 Å². The molecule has 0 spiro atoms. The van der Waals surface area contributed by atoms with Gasteiger partial charge in [-0.1, -0.05) is 12.1 Å². The third-order valence-corrected chi connectivity index (χ3v) is 3.28. The highest BCUT2D eigenvalue weighted by Crippen LogP contribution is 2.24. The number of nitrogens with zero attached hydrogens (tertiary/aromatic N) is 1. The van der Waals surface area contributed by atoms with Gasteiger partial charge in [0, 0.05) is 12.1 Å². The summed E-state index contributed by atoms with van der Waals surface area (Å²) in [6.45, 7) is 0.568. The topological polar surface area (TPSA) is 63.8 Å². The Morgan fingerprint density at radius 2 is 2.30 bits per heavy atom. The van der Waals surface area contributed by atoms with Gasteiger partial charge >= 0.3 is 0 Å². The number of benzene rings is 1. The highest BCUT2D eigenvalue weighted by Gasteiger charge is 2.31. The van der Waals surface area contributed by atoms with Crippen LogP contribution in [-0.4, -0.2) is 25.1 Å². The summed E-state index contributed by atoms with van der Waals surface area (Å²) in [6.07, 6.45) is 1.60. The van der Waals surface area contributed by atoms with Gasteiger partial charge in [0.1, 0.15) is 17.2 Å². The van der Waals surface area contributed by atoms with Crippen molar-refractivity contribution in [1.82, 2.24) is 5.43 Å². The van der Waals surface area contributed by atoms with E-state index in [0.717, 1.165) is 5.76 Å². The van der Waals surface area contributed by atoms with E-state index in [4.69, 9.17) is 9.15 Å². The average Bonchev–Trinajstić information content (AvgIpc) is 3.16. The van der Waals surface area contributed by atoms with Gasteiger partial charge in [-0.05, 0) is 24.3 Å². The molecule has 1 aromatic heterocycles. The molecule has 1 aliphatic heterocycles. The van der Waals surface area contributed by atoms with Gasteiger partial charge in [-0.2, -0.15) is 5.10 Å². The minimum atomic E-state index is -0.149. The van der Waals surface area contributed by atoms with Crippen LogP contribution in [0.3, 0.4) is 0 Å². The summed E-state index contributed by atoms with van der Waals surface area (Å²) < 4.78 is 10.5. The van der Waals surface area contributed by atoms with E-state index in [9.17, 15) is 4.79 Å². The summed E-state index contributed by atoms with van der Waals surface area (Å²) in [4.78, 5) is 12.6. The zero-order valence-electron chi connectivity index (χ0n) is 11.0. The van der Waals surface area contributed by atoms with Gasteiger partial charge in [0.25, 0.3) is 0 Å². The molecule has 102 valence electrons. The lowest BCUT2D eigenvalue weighted by molar-refractivity contribution is 0.106. The van der Waals surface area contributed by atoms with Crippen molar-refractivity contribution >= 4 is 11.5 Å². The first-order valence-electron chi connectivity index (χ1n) is 6.32. The Balaban J connectivity index is 1.89. The predicted octanol–water partition coefficient (Wildman–Crippen LogP) is 2.21. The molecular formula is C15H14N2O3. The molecule has 0 aliphatic carbocycles. The summed E-state index contributed by atoms with van der Waals surface area (Å²) in [7, 11) is 1.57. The fraction of sp³-hybridized carbons (Fsp3) is 0.200. The van der Waals surface area contributed by atoms with E-state index in [-0.39, 0.29) is 11.7 Å². The SMILES string of the molecule is COc1cccc(C(=O)C2=NNCC2c2ccco2)c1. The maximum absolute atomic E-state index is 12.6. The lowest BCUT2D eigenvalue weighted by Gasteiger charge is -2.09. The molecular weight excluding hydrogens is 256 g/mol. The number of rotatable bonds is 4. The Morgan fingerprint density at radius 3 is 3.05 bits per heavy atom. The molecule has 1 N–H and O–H groups in total. The second-order valence-electron chi connectivity index (χ2n) is 4.49. The van der Waals surface area contributed by atoms with Gasteiger partial charge < -0.3 is 14.6 Å². The molecule has 5 heteroatoms. The molecule has 0 saturated heterocycles. The van der Waals surface area contributed by atoms with Crippen molar-refractivity contribution in [2.45, 2.75) is 5.92 Å². The first-order valence-corrected chi connectivity index (χ1v) is 6.32. The molecule has 0 saturated carbocycles. The second kappa shape index (κ2) is 5.21. The molecule has 1 aliphatic rings. The standard InChI is InChI=1S/C15H14N2O3/c1-19-11-5-2-4-10(8-11)15(18)14-12(9-16-17-14)13-6-3-7-20-13/h2-8,12,16H,9H2,1H3. The Morgan fingerprint density at radius 1 is 1.40 bits per heavy atom. The summed E-state index contributed by atoms with van der Waals surface area (Å²) in [5.41, 5.74) is 3.89. The summed E-state index contributed by atoms with van der Waals surface area (Å²) in [5, 5.41) is 4.12. The summed E-state index contributed by atoms with van der Waals surface area (Å²) >= 11 is 0. The number of furan rings is 1. The van der Waals surface area contributed by atoms with Crippen molar-refractivity contribution < 1.29 is 13.9 Å². The first kappa shape index (κ1) is 12.5. The van der Waals surface area contributed by atoms with Crippen LogP contribution in [0.2, 0.25) is 0 Å². The van der Waals surface area contributed by atoms with Crippen LogP contribution in [0.4, 0.5) is 0 Å². The van der Waals surface area contributed by atoms with E-state index < -0.39 is 0 Å². The monoisotopic (exact) mass is 270 g/mol. The molecule has 1 unspecified atom stereocenters. The second-order valence-corrected chi connectivity index (χ2v) is 4.49. The van der Waals surface area contributed by atoms with Gasteiger partial charge in [-0.25, -0.2) is 0 Å². The van der Waals surface area contributed by atoms with Crippen molar-refractivity contribution in [1.29, 1.82) is 0 Å². The fourth-order valence-corrected chi connectivity index (χ4v) is 2.24. The van der Waals surface area contributed by atoms with Crippen LogP contribution in [0, 0.1) is 0 Å². The lowest BCUT2D eigenvalue weighted by atomic mass is 9.94. The van der Waals surface area contributed by atoms with Crippen LogP contribution < -0.4 is 10.2 Å². The van der Waals surface area contributed by atoms with Crippen LogP contribution in [-0.2, 0) is 0 Å². The van der Waals surface area contributed by atoms with Crippen LogP contribution in [0.5, 0.6) is 5.75 Å². The van der Waals surface area contributed by atoms with E-state index in [1.807, 2.05) is 6.07 Å². The van der Waals surface area contributed by atoms with Crippen molar-refractivity contribution in [3.63, 3.8) is 0 Å². The highest BCUT2D eigenvalue weighted by atomic mass is 16.5. The Bertz CT molecular complexity index is 647. The number of hydrazone groups is 1. The average molecular weight is 270 g/mol. The molecule has 0 fully saturated rings. The molecule has 0 bridgehead atoms. The summed E-state index contributed by atoms with van der Waals surface area (Å²) in [6, 6.07) is 10.7. The maximum atomic E-state index is 12.6. The minimum absolute atomic E-state index is 0.115. The fourth-order valence-electron chi connectivity index (χ4n) is 2.24. The largest absolute Gasteiger partial charge is 0.497 e. The molecule has 1 atom stereocenters. The molecule has 2 aromatic rings. The number of hydrogen-bond acceptors (Lipinski definition) is 5. The lowest BCUT2D eigenvalue weighted by Crippen LogP contribution is -2.21. The third-order valence-electron chi connectivity index (χ3n) is 3.28. The van der Waals surface area contributed by atoms with Crippen LogP contribution in [0.1, 0.15) is 22.0 Å². The quantitative estimate of drug-likeness (QED) is 0.865. The molecule has 20 heavy (non-hydrogen) atoms. The van der Waals surface area contributed by atoms with Gasteiger partial charge in [0.15, 0.2) is 0 Å². The van der Waals surface area contributed by atoms with E-state index in [0.29, 0.717) is 23.6 Å². The van der Waals surface area contributed by atoms with E-state index in [1.165, 1.54) is 0 Å². The number of Topliss-reactive ketones (excluding diaryl/α,β-unsaturated/α-hetero) is 1. The van der Waals surface area contributed by atoms with Crippen LogP contribution in [0.25, 0.3) is 0 Å². The molecule has 3 rings (SSSR count). The molecule has 0 radical (unpaired) electrons. The molecule has 0 amide bonds. The van der Waals surface area contributed by atoms with Crippen molar-refractivity contribution in [2.75, 3.05) is 13.7 Å². The molecule has 5 nitrogen and oxygen atoms in total. The Hall–Kier alpha value is -2.56. The smallest absolute Gasteiger partial charge is 0.209 e. The highest BCUT2D eigenvalue weighted by molar-refractivity contribution is 6.48. The number of nitrogens with one attached hydrogen (secondary N) is 1. The van der Waals surface area contributed by atoms with Crippen molar-refractivity contribution in [2.24, 2.45) is 5.10 Å². The third kappa shape index (κ3) is 2.18. The zero-order chi connectivity index (χ0) is 13.9. The van der Waals surface area contributed by atoms with Crippen LogP contribution in [0.15, 0.2) is 52.2 Å². The van der Waals surface area contributed by atoms with Gasteiger partial charge in [-0.3, -0.25) is 4.79 Å². The van der Waals surface area contributed by atoms with E-state index >= 15 is 0 Å². The maximum Gasteiger partial charge on any atom is 0.209 e. The first-order chi connectivity index (χ1) is 9.79. The van der Waals surface area contributed by atoms with E-state index in [2.05, 4.69) is 10.5 Å². The normalized spacial score (nSPS) is 17.4. The minimum Gasteiger partial charge on any atom is -0.497 e. The number of carbonyl (C=O) groups is 1. The van der Waals surface area contributed by atoms with Gasteiger partial charge in [0.05, 0.1) is 19.3 Å². The number of ketones is 1.